The van der Waals surface area contributed by atoms with E-state index in [1.807, 2.05) is 0 Å². The van der Waals surface area contributed by atoms with E-state index < -0.39 is 45.3 Å². The average molecular weight is 664 g/mol. The number of nitrogens with one attached hydrogen (secondary N) is 2. The van der Waals surface area contributed by atoms with E-state index in [4.69, 9.17) is 0 Å². The van der Waals surface area contributed by atoms with Crippen LogP contribution in [0, 0.1) is 24.0 Å². The molecule has 0 atom stereocenters. The van der Waals surface area contributed by atoms with Gasteiger partial charge in [0, 0.05) is 29.1 Å². The van der Waals surface area contributed by atoms with Crippen molar-refractivity contribution in [3.63, 3.8) is 0 Å². The molecule has 0 spiro atoms. The van der Waals surface area contributed by atoms with Gasteiger partial charge in [-0.2, -0.15) is 0 Å². The molecule has 2 heterocycles. The summed E-state index contributed by atoms with van der Waals surface area (Å²) in [5.41, 5.74) is -1.50. The van der Waals surface area contributed by atoms with Gasteiger partial charge in [-0.1, -0.05) is 12.1 Å². The molecule has 15 heteroatoms. The summed E-state index contributed by atoms with van der Waals surface area (Å²) in [5, 5.41) is 47.6. The molecule has 0 aliphatic heterocycles. The number of phenols is 1. The second kappa shape index (κ2) is 11.2. The number of hydrogen-bond donors (Lipinski definition) is 5. The summed E-state index contributed by atoms with van der Waals surface area (Å²) in [5.74, 6) is -4.28. The molecule has 224 valence electrons. The number of H-pyrrole nitrogens is 2. The molecule has 14 nitrogen and oxygen atoms in total. The number of carbonyl (C=O) groups is 2. The third-order valence-corrected chi connectivity index (χ3v) is 7.72. The maximum absolute atomic E-state index is 14.1. The fourth-order valence-corrected chi connectivity index (χ4v) is 5.57. The van der Waals surface area contributed by atoms with Crippen LogP contribution in [-0.4, -0.2) is 51.7 Å². The largest absolute Gasteiger partial charge is 0.506 e. The number of aromatic amines is 2. The Morgan fingerprint density at radius 1 is 0.841 bits per heavy atom. The molecular weight excluding hydrogens is 642 g/mol. The number of rotatable bonds is 8. The highest BCUT2D eigenvalue weighted by atomic mass is 79.9. The van der Waals surface area contributed by atoms with E-state index in [-0.39, 0.29) is 55.1 Å². The zero-order valence-corrected chi connectivity index (χ0v) is 24.4. The van der Waals surface area contributed by atoms with Crippen LogP contribution in [0.5, 0.6) is 5.75 Å². The van der Waals surface area contributed by atoms with Crippen LogP contribution < -0.4 is 11.1 Å². The van der Waals surface area contributed by atoms with Crippen molar-refractivity contribution in [2.45, 2.75) is 19.8 Å². The number of non-ortho nitro benzene ring substituents is 1. The van der Waals surface area contributed by atoms with Crippen molar-refractivity contribution in [2.75, 3.05) is 0 Å². The summed E-state index contributed by atoms with van der Waals surface area (Å²) in [4.78, 5) is 62.4. The zero-order chi connectivity index (χ0) is 32.0. The Kier molecular flexibility index (Phi) is 7.57. The number of nitro benzene ring substituents is 1. The fourth-order valence-electron chi connectivity index (χ4n) is 5.10. The topological polar surface area (TPSA) is 214 Å². The van der Waals surface area contributed by atoms with Gasteiger partial charge < -0.3 is 15.3 Å². The van der Waals surface area contributed by atoms with E-state index in [9.17, 15) is 44.6 Å². The standard InChI is InChI=1S/C29H22BrN5O9/c1-13-22(26(37)33(31-13)17-7-3-5-15(9-17)28(39)40)24(20-11-19(35(43)44)12-21(30)25(20)36)23-14(2)32-34(27(23)38)18-8-4-6-16(10-18)29(41)42/h3-12,24,31-32,36H,1-2H3,(H,39,40)(H,41,42). The molecule has 0 fully saturated rings. The Hall–Kier alpha value is -5.70. The van der Waals surface area contributed by atoms with E-state index in [0.29, 0.717) is 0 Å². The van der Waals surface area contributed by atoms with Crippen LogP contribution in [0.25, 0.3) is 11.4 Å². The van der Waals surface area contributed by atoms with Gasteiger partial charge in [-0.05, 0) is 66.2 Å². The predicted molar refractivity (Wildman–Crippen MR) is 160 cm³/mol. The molecule has 5 rings (SSSR count). The molecule has 44 heavy (non-hydrogen) atoms. The van der Waals surface area contributed by atoms with Crippen molar-refractivity contribution in [3.8, 4) is 17.1 Å². The minimum atomic E-state index is -1.38. The number of aromatic hydroxyl groups is 1. The number of carboxylic acid groups (broad SMARTS) is 2. The van der Waals surface area contributed by atoms with Gasteiger partial charge >= 0.3 is 11.9 Å². The average Bonchev–Trinajstić information content (AvgIpc) is 3.45. The zero-order valence-electron chi connectivity index (χ0n) is 22.9. The van der Waals surface area contributed by atoms with Crippen LogP contribution in [-0.2, 0) is 0 Å². The highest BCUT2D eigenvalue weighted by Crippen LogP contribution is 2.42. The molecule has 0 amide bonds. The van der Waals surface area contributed by atoms with Crippen molar-refractivity contribution >= 4 is 33.6 Å². The van der Waals surface area contributed by atoms with Crippen molar-refractivity contribution in [3.05, 3.63) is 135 Å². The van der Waals surface area contributed by atoms with Crippen molar-refractivity contribution in [1.82, 2.24) is 19.6 Å². The Balaban J connectivity index is 1.83. The number of carboxylic acids is 2. The number of nitro groups is 1. The number of aromatic nitrogens is 4. The maximum atomic E-state index is 14.1. The summed E-state index contributed by atoms with van der Waals surface area (Å²) >= 11 is 3.13. The van der Waals surface area contributed by atoms with Gasteiger partial charge in [-0.25, -0.2) is 19.0 Å². The lowest BCUT2D eigenvalue weighted by atomic mass is 9.84. The quantitative estimate of drug-likeness (QED) is 0.119. The third kappa shape index (κ3) is 5.09. The van der Waals surface area contributed by atoms with Gasteiger partial charge in [-0.3, -0.25) is 29.9 Å². The fraction of sp³-hybridized carbons (Fsp3) is 0.103. The Labute approximate surface area is 254 Å². The third-order valence-electron chi connectivity index (χ3n) is 7.11. The SMILES string of the molecule is Cc1[nH]n(-c2cccc(C(=O)O)c2)c(=O)c1C(c1cc([N+](=O)[O-])cc(Br)c1O)c1c(C)[nH]n(-c2cccc(C(=O)O)c2)c1=O. The Morgan fingerprint density at radius 2 is 1.30 bits per heavy atom. The highest BCUT2D eigenvalue weighted by molar-refractivity contribution is 9.10. The highest BCUT2D eigenvalue weighted by Gasteiger charge is 2.34. The molecule has 5 N–H and O–H groups in total. The first-order chi connectivity index (χ1) is 20.8. The van der Waals surface area contributed by atoms with Gasteiger partial charge in [0.1, 0.15) is 5.75 Å². The number of hydrogen-bond acceptors (Lipinski definition) is 7. The molecule has 0 radical (unpaired) electrons. The predicted octanol–water partition coefficient (Wildman–Crippen LogP) is 4.21. The Bertz CT molecular complexity index is 2010. The summed E-state index contributed by atoms with van der Waals surface area (Å²) in [7, 11) is 0. The lowest BCUT2D eigenvalue weighted by molar-refractivity contribution is -0.385. The molecule has 0 aliphatic carbocycles. The normalized spacial score (nSPS) is 11.2. The summed E-state index contributed by atoms with van der Waals surface area (Å²) in [6.07, 6.45) is 0. The van der Waals surface area contributed by atoms with E-state index in [0.717, 1.165) is 21.5 Å². The van der Waals surface area contributed by atoms with E-state index in [2.05, 4.69) is 26.1 Å². The van der Waals surface area contributed by atoms with Gasteiger partial charge in [0.25, 0.3) is 16.8 Å². The number of nitrogens with zero attached hydrogens (tertiary/aromatic N) is 3. The summed E-state index contributed by atoms with van der Waals surface area (Å²) in [6.45, 7) is 3.06. The van der Waals surface area contributed by atoms with Crippen LogP contribution in [0.3, 0.4) is 0 Å². The smallest absolute Gasteiger partial charge is 0.335 e. The second-order valence-corrected chi connectivity index (χ2v) is 10.7. The first-order valence-electron chi connectivity index (χ1n) is 12.8. The maximum Gasteiger partial charge on any atom is 0.335 e. The van der Waals surface area contributed by atoms with Crippen LogP contribution in [0.15, 0.2) is 74.7 Å². The van der Waals surface area contributed by atoms with E-state index >= 15 is 0 Å². The molecule has 0 aliphatic rings. The van der Waals surface area contributed by atoms with Crippen molar-refractivity contribution in [1.29, 1.82) is 0 Å². The number of benzene rings is 3. The van der Waals surface area contributed by atoms with Crippen LogP contribution in [0.2, 0.25) is 0 Å². The van der Waals surface area contributed by atoms with Gasteiger partial charge in [0.2, 0.25) is 0 Å². The van der Waals surface area contributed by atoms with Crippen molar-refractivity contribution in [2.24, 2.45) is 0 Å². The monoisotopic (exact) mass is 663 g/mol. The second-order valence-electron chi connectivity index (χ2n) is 9.85. The minimum absolute atomic E-state index is 0.0564. The molecule has 3 aromatic carbocycles. The summed E-state index contributed by atoms with van der Waals surface area (Å²) in [6, 6.07) is 13.3. The number of aryl methyl sites for hydroxylation is 2. The lowest BCUT2D eigenvalue weighted by Gasteiger charge is -2.18. The van der Waals surface area contributed by atoms with E-state index in [1.165, 1.54) is 62.4 Å². The molecule has 2 aromatic heterocycles. The van der Waals surface area contributed by atoms with Crippen molar-refractivity contribution < 1.29 is 29.8 Å². The van der Waals surface area contributed by atoms with Crippen LogP contribution in [0.1, 0.15) is 54.7 Å². The number of halogens is 1. The molecule has 5 aromatic rings. The molecule has 0 saturated heterocycles. The summed E-state index contributed by atoms with van der Waals surface area (Å²) < 4.78 is 2.09. The van der Waals surface area contributed by atoms with Crippen LogP contribution in [0.4, 0.5) is 5.69 Å². The van der Waals surface area contributed by atoms with Gasteiger partial charge in [0.15, 0.2) is 0 Å². The molecule has 0 bridgehead atoms. The molecular formula is C29H22BrN5O9. The van der Waals surface area contributed by atoms with E-state index in [1.54, 1.807) is 0 Å². The molecule has 0 unspecified atom stereocenters. The minimum Gasteiger partial charge on any atom is -0.506 e. The van der Waals surface area contributed by atoms with Crippen LogP contribution >= 0.6 is 15.9 Å². The van der Waals surface area contributed by atoms with Gasteiger partial charge in [-0.15, -0.1) is 0 Å². The first kappa shape index (κ1) is 29.8. The first-order valence-corrected chi connectivity index (χ1v) is 13.6. The van der Waals surface area contributed by atoms with Gasteiger partial charge in [0.05, 0.1) is 48.9 Å². The lowest BCUT2D eigenvalue weighted by Crippen LogP contribution is -2.25. The number of aromatic carboxylic acids is 2. The molecule has 0 saturated carbocycles. The number of phenolic OH excluding ortho intramolecular Hbond substituents is 1. The Morgan fingerprint density at radius 3 is 1.70 bits per heavy atom.